The Bertz CT molecular complexity index is 724. The van der Waals surface area contributed by atoms with E-state index >= 15 is 0 Å². The molecular formula is C24H38O12. The molecule has 36 heavy (non-hydrogen) atoms. The number of hydrogen-bond acceptors (Lipinski definition) is 12. The molecule has 12 heteroatoms. The van der Waals surface area contributed by atoms with Crippen molar-refractivity contribution in [2.45, 2.75) is 61.0 Å². The minimum atomic E-state index is -1.14. The summed E-state index contributed by atoms with van der Waals surface area (Å²) in [4.78, 5) is 73.5. The summed E-state index contributed by atoms with van der Waals surface area (Å²) in [5, 5.41) is 0. The summed E-state index contributed by atoms with van der Waals surface area (Å²) >= 11 is 0. The summed E-state index contributed by atoms with van der Waals surface area (Å²) < 4.78 is 23.6. The molecule has 0 N–H and O–H groups in total. The van der Waals surface area contributed by atoms with Gasteiger partial charge >= 0.3 is 17.9 Å². The summed E-state index contributed by atoms with van der Waals surface area (Å²) in [6.07, 6.45) is -1.06. The molecule has 12 nitrogen and oxygen atoms in total. The number of ketones is 4. The van der Waals surface area contributed by atoms with Crippen LogP contribution in [0.4, 0.5) is 0 Å². The molecule has 0 aliphatic carbocycles. The molecule has 1 atom stereocenters. The van der Waals surface area contributed by atoms with E-state index in [2.05, 4.69) is 16.1 Å². The van der Waals surface area contributed by atoms with E-state index < -0.39 is 24.0 Å². The third-order valence-electron chi connectivity index (χ3n) is 2.93. The van der Waals surface area contributed by atoms with Crippen LogP contribution in [0.25, 0.3) is 0 Å². The molecule has 0 saturated carbocycles. The normalized spacial score (nSPS) is 10.3. The molecule has 0 radical (unpaired) electrons. The van der Waals surface area contributed by atoms with E-state index in [-0.39, 0.29) is 56.0 Å². The summed E-state index contributed by atoms with van der Waals surface area (Å²) in [5.41, 5.74) is 0.766. The van der Waals surface area contributed by atoms with Gasteiger partial charge in [0.2, 0.25) is 0 Å². The van der Waals surface area contributed by atoms with E-state index in [1.165, 1.54) is 34.6 Å². The van der Waals surface area contributed by atoms with Crippen LogP contribution in [0.3, 0.4) is 0 Å². The van der Waals surface area contributed by atoms with Crippen molar-refractivity contribution < 1.29 is 57.2 Å². The second kappa shape index (κ2) is 23.6. The molecule has 1 unspecified atom stereocenters. The number of hydrogen-bond donors (Lipinski definition) is 0. The van der Waals surface area contributed by atoms with E-state index in [1.807, 2.05) is 0 Å². The van der Waals surface area contributed by atoms with Crippen molar-refractivity contribution in [1.82, 2.24) is 0 Å². The largest absolute Gasteiger partial charge is 0.449 e. The van der Waals surface area contributed by atoms with Gasteiger partial charge in [-0.3, -0.25) is 24.0 Å². The molecule has 0 fully saturated rings. The van der Waals surface area contributed by atoms with Gasteiger partial charge in [0, 0.05) is 6.92 Å². The van der Waals surface area contributed by atoms with Gasteiger partial charge in [-0.15, -0.1) is 0 Å². The highest BCUT2D eigenvalue weighted by Gasteiger charge is 2.20. The zero-order valence-electron chi connectivity index (χ0n) is 22.1. The first kappa shape index (κ1) is 37.5. The van der Waals surface area contributed by atoms with Crippen molar-refractivity contribution in [3.8, 4) is 0 Å². The number of carbonyl (C=O) groups is 7. The van der Waals surface area contributed by atoms with Crippen molar-refractivity contribution in [2.75, 3.05) is 39.6 Å². The monoisotopic (exact) mass is 518 g/mol. The summed E-state index contributed by atoms with van der Waals surface area (Å²) in [6.45, 7) is 14.3. The first-order valence-corrected chi connectivity index (χ1v) is 10.8. The molecule has 206 valence electrons. The van der Waals surface area contributed by atoms with Gasteiger partial charge in [0.05, 0.1) is 26.2 Å². The van der Waals surface area contributed by atoms with Crippen molar-refractivity contribution >= 4 is 41.0 Å². The highest BCUT2D eigenvalue weighted by atomic mass is 16.6. The average Bonchev–Trinajstić information content (AvgIpc) is 2.69. The van der Waals surface area contributed by atoms with Crippen LogP contribution in [-0.4, -0.2) is 86.8 Å². The minimum Gasteiger partial charge on any atom is -0.449 e. The Morgan fingerprint density at radius 1 is 0.639 bits per heavy atom. The number of esters is 3. The molecule has 0 bridgehead atoms. The van der Waals surface area contributed by atoms with Crippen molar-refractivity contribution in [3.63, 3.8) is 0 Å². The van der Waals surface area contributed by atoms with E-state index in [9.17, 15) is 33.6 Å². The van der Waals surface area contributed by atoms with Crippen LogP contribution in [0.5, 0.6) is 0 Å². The van der Waals surface area contributed by atoms with Gasteiger partial charge in [0.25, 0.3) is 0 Å². The Balaban J connectivity index is -0.000000497. The second-order valence-corrected chi connectivity index (χ2v) is 7.58. The summed E-state index contributed by atoms with van der Waals surface area (Å²) in [7, 11) is 0. The van der Waals surface area contributed by atoms with Crippen molar-refractivity contribution in [2.24, 2.45) is 0 Å². The van der Waals surface area contributed by atoms with Gasteiger partial charge in [-0.2, -0.15) is 0 Å². The third kappa shape index (κ3) is 35.5. The fourth-order valence-corrected chi connectivity index (χ4v) is 1.71. The Kier molecular flexibility index (Phi) is 24.6. The Labute approximate surface area is 211 Å². The molecule has 0 heterocycles. The highest BCUT2D eigenvalue weighted by Crippen LogP contribution is 1.97. The molecule has 0 aromatic heterocycles. The topological polar surface area (TPSA) is 166 Å². The van der Waals surface area contributed by atoms with Gasteiger partial charge in [-0.1, -0.05) is 12.2 Å². The smallest absolute Gasteiger partial charge is 0.354 e. The number of carbonyl (C=O) groups excluding carboxylic acids is 7. The molecule has 0 aliphatic rings. The average molecular weight is 519 g/mol. The van der Waals surface area contributed by atoms with Crippen molar-refractivity contribution in [1.29, 1.82) is 0 Å². The lowest BCUT2D eigenvalue weighted by atomic mass is 10.2. The maximum atomic E-state index is 11.2. The predicted molar refractivity (Wildman–Crippen MR) is 127 cm³/mol. The zero-order valence-corrected chi connectivity index (χ0v) is 22.1. The fourth-order valence-electron chi connectivity index (χ4n) is 1.71. The highest BCUT2D eigenvalue weighted by molar-refractivity contribution is 5.96. The standard InChI is InChI=1S/C11H16O6.C8H14O4.C5H8O2/c1-7(2)5-15-6-10(13)16-8(3)11(14)17-9(4)12;1-7(9)5-11-3-4-12-6-8(2)10;1-4(6)3-5(2)7/h8H,1,5-6H2,2-4H3;3-6H2,1-2H3;3H2,1-2H3. The maximum absolute atomic E-state index is 11.2. The maximum Gasteiger partial charge on any atom is 0.354 e. The van der Waals surface area contributed by atoms with E-state index in [1.54, 1.807) is 6.92 Å². The van der Waals surface area contributed by atoms with Gasteiger partial charge in [0.1, 0.15) is 31.4 Å². The van der Waals surface area contributed by atoms with Gasteiger partial charge in [-0.25, -0.2) is 9.59 Å². The summed E-state index contributed by atoms with van der Waals surface area (Å²) in [6, 6.07) is 0. The Morgan fingerprint density at radius 3 is 1.39 bits per heavy atom. The van der Waals surface area contributed by atoms with E-state index in [0.29, 0.717) is 13.2 Å². The molecule has 0 aromatic rings. The summed E-state index contributed by atoms with van der Waals surface area (Å²) in [5.74, 6) is -2.52. The van der Waals surface area contributed by atoms with Crippen LogP contribution in [0.1, 0.15) is 54.9 Å². The van der Waals surface area contributed by atoms with Gasteiger partial charge in [0.15, 0.2) is 17.7 Å². The SMILES string of the molecule is C=C(C)COCC(=O)OC(C)C(=O)OC(C)=O.CC(=O)CC(C)=O.CC(=O)COCCOCC(C)=O. The lowest BCUT2D eigenvalue weighted by molar-refractivity contribution is -0.173. The Morgan fingerprint density at radius 2 is 1.08 bits per heavy atom. The van der Waals surface area contributed by atoms with Crippen LogP contribution < -0.4 is 0 Å². The number of ether oxygens (including phenoxy) is 5. The molecule has 0 rings (SSSR count). The van der Waals surface area contributed by atoms with Crippen molar-refractivity contribution in [3.05, 3.63) is 12.2 Å². The molecule has 0 aliphatic heterocycles. The molecule has 0 aromatic carbocycles. The van der Waals surface area contributed by atoms with E-state index in [4.69, 9.17) is 14.2 Å². The lowest BCUT2D eigenvalue weighted by Crippen LogP contribution is -2.29. The number of Topliss-reactive ketones (excluding diaryl/α,β-unsaturated/α-hetero) is 4. The number of rotatable bonds is 15. The third-order valence-corrected chi connectivity index (χ3v) is 2.93. The molecular weight excluding hydrogens is 480 g/mol. The minimum absolute atomic E-state index is 0.0124. The van der Waals surface area contributed by atoms with E-state index in [0.717, 1.165) is 12.5 Å². The van der Waals surface area contributed by atoms with Gasteiger partial charge < -0.3 is 23.7 Å². The predicted octanol–water partition coefficient (Wildman–Crippen LogP) is 1.35. The first-order chi connectivity index (χ1) is 16.6. The van der Waals surface area contributed by atoms with Crippen LogP contribution in [0.2, 0.25) is 0 Å². The Hall–Kier alpha value is -3.09. The molecule has 0 amide bonds. The molecule has 0 saturated heterocycles. The van der Waals surface area contributed by atoms with Crippen LogP contribution >= 0.6 is 0 Å². The molecule has 0 spiro atoms. The zero-order chi connectivity index (χ0) is 28.7. The fraction of sp³-hybridized carbons (Fsp3) is 0.625. The lowest BCUT2D eigenvalue weighted by Gasteiger charge is -2.11. The van der Waals surface area contributed by atoms with Crippen LogP contribution in [-0.2, 0) is 57.2 Å². The van der Waals surface area contributed by atoms with Crippen LogP contribution in [0.15, 0.2) is 12.2 Å². The quantitative estimate of drug-likeness (QED) is 0.132. The van der Waals surface area contributed by atoms with Crippen LogP contribution in [0, 0.1) is 0 Å². The second-order valence-electron chi connectivity index (χ2n) is 7.58. The first-order valence-electron chi connectivity index (χ1n) is 10.8. The van der Waals surface area contributed by atoms with Gasteiger partial charge in [-0.05, 0) is 41.5 Å².